The van der Waals surface area contributed by atoms with E-state index in [-0.39, 0.29) is 5.91 Å². The van der Waals surface area contributed by atoms with E-state index in [4.69, 9.17) is 0 Å². The highest BCUT2D eigenvalue weighted by Gasteiger charge is 2.08. The SMILES string of the molecule is CCc1cc(CC)nc(NC(=O)c2ccccc2)n1. The standard InChI is InChI=1S/C15H17N3O/c1-3-12-10-13(4-2)17-15(16-12)18-14(19)11-8-6-5-7-9-11/h5-10H,3-4H2,1-2H3,(H,16,17,18,19). The number of carbonyl (C=O) groups is 1. The van der Waals surface area contributed by atoms with Crippen LogP contribution in [0.25, 0.3) is 0 Å². The number of anilines is 1. The summed E-state index contributed by atoms with van der Waals surface area (Å²) in [6.45, 7) is 4.06. The number of rotatable bonds is 4. The Morgan fingerprint density at radius 3 is 2.16 bits per heavy atom. The molecule has 4 heteroatoms. The molecule has 0 fully saturated rings. The van der Waals surface area contributed by atoms with Crippen LogP contribution < -0.4 is 5.32 Å². The summed E-state index contributed by atoms with van der Waals surface area (Å²) in [6, 6.07) is 11.0. The highest BCUT2D eigenvalue weighted by molar-refractivity contribution is 6.03. The number of nitrogens with one attached hydrogen (secondary N) is 1. The highest BCUT2D eigenvalue weighted by atomic mass is 16.1. The number of benzene rings is 1. The number of hydrogen-bond donors (Lipinski definition) is 1. The zero-order valence-corrected chi connectivity index (χ0v) is 11.2. The molecule has 0 radical (unpaired) electrons. The molecule has 19 heavy (non-hydrogen) atoms. The number of aryl methyl sites for hydroxylation is 2. The predicted molar refractivity (Wildman–Crippen MR) is 75.2 cm³/mol. The minimum Gasteiger partial charge on any atom is -0.290 e. The van der Waals surface area contributed by atoms with Crippen LogP contribution in [-0.2, 0) is 12.8 Å². The second kappa shape index (κ2) is 6.09. The van der Waals surface area contributed by atoms with Crippen LogP contribution in [0.1, 0.15) is 35.6 Å². The molecule has 1 heterocycles. The van der Waals surface area contributed by atoms with Crippen molar-refractivity contribution >= 4 is 11.9 Å². The molecule has 0 aliphatic heterocycles. The Hall–Kier alpha value is -2.23. The molecule has 0 aliphatic carbocycles. The Kier molecular flexibility index (Phi) is 4.23. The first-order valence-electron chi connectivity index (χ1n) is 6.46. The van der Waals surface area contributed by atoms with E-state index in [1.165, 1.54) is 0 Å². The zero-order chi connectivity index (χ0) is 13.7. The van der Waals surface area contributed by atoms with Gasteiger partial charge in [0.05, 0.1) is 0 Å². The van der Waals surface area contributed by atoms with Gasteiger partial charge in [0.1, 0.15) is 0 Å². The van der Waals surface area contributed by atoms with Gasteiger partial charge in [0.25, 0.3) is 5.91 Å². The first-order valence-corrected chi connectivity index (χ1v) is 6.46. The van der Waals surface area contributed by atoms with E-state index in [0.717, 1.165) is 24.2 Å². The van der Waals surface area contributed by atoms with Crippen molar-refractivity contribution in [3.8, 4) is 0 Å². The quantitative estimate of drug-likeness (QED) is 0.914. The van der Waals surface area contributed by atoms with E-state index in [0.29, 0.717) is 11.5 Å². The monoisotopic (exact) mass is 255 g/mol. The Bertz CT molecular complexity index is 545. The van der Waals surface area contributed by atoms with Crippen molar-refractivity contribution in [2.75, 3.05) is 5.32 Å². The molecule has 1 aromatic heterocycles. The first kappa shape index (κ1) is 13.2. The number of hydrogen-bond acceptors (Lipinski definition) is 3. The lowest BCUT2D eigenvalue weighted by molar-refractivity contribution is 0.102. The fraction of sp³-hybridized carbons (Fsp3) is 0.267. The third kappa shape index (κ3) is 3.37. The van der Waals surface area contributed by atoms with E-state index in [9.17, 15) is 4.79 Å². The molecule has 2 aromatic rings. The van der Waals surface area contributed by atoms with Crippen molar-refractivity contribution in [2.45, 2.75) is 26.7 Å². The summed E-state index contributed by atoms with van der Waals surface area (Å²) in [6.07, 6.45) is 1.65. The van der Waals surface area contributed by atoms with Gasteiger partial charge in [0.15, 0.2) is 0 Å². The smallest absolute Gasteiger partial charge is 0.258 e. The summed E-state index contributed by atoms with van der Waals surface area (Å²) in [5.41, 5.74) is 2.48. The average molecular weight is 255 g/mol. The van der Waals surface area contributed by atoms with Crippen molar-refractivity contribution in [3.05, 3.63) is 53.3 Å². The molecule has 0 unspecified atom stereocenters. The van der Waals surface area contributed by atoms with E-state index in [2.05, 4.69) is 15.3 Å². The van der Waals surface area contributed by atoms with Gasteiger partial charge in [0, 0.05) is 17.0 Å². The molecule has 0 saturated carbocycles. The Balaban J connectivity index is 2.21. The molecule has 1 amide bonds. The lowest BCUT2D eigenvalue weighted by Gasteiger charge is -2.07. The van der Waals surface area contributed by atoms with Crippen molar-refractivity contribution in [3.63, 3.8) is 0 Å². The lowest BCUT2D eigenvalue weighted by Crippen LogP contribution is -2.15. The topological polar surface area (TPSA) is 54.9 Å². The van der Waals surface area contributed by atoms with Crippen LogP contribution >= 0.6 is 0 Å². The molecule has 1 aromatic carbocycles. The van der Waals surface area contributed by atoms with Crippen LogP contribution in [0.3, 0.4) is 0 Å². The third-order valence-corrected chi connectivity index (χ3v) is 2.82. The summed E-state index contributed by atoms with van der Waals surface area (Å²) in [7, 11) is 0. The van der Waals surface area contributed by atoms with E-state index in [1.807, 2.05) is 38.1 Å². The second-order valence-corrected chi connectivity index (χ2v) is 4.20. The summed E-state index contributed by atoms with van der Waals surface area (Å²) in [5.74, 6) is 0.195. The normalized spacial score (nSPS) is 10.2. The maximum Gasteiger partial charge on any atom is 0.258 e. The molecular weight excluding hydrogens is 238 g/mol. The molecule has 98 valence electrons. The van der Waals surface area contributed by atoms with Gasteiger partial charge in [-0.05, 0) is 31.0 Å². The predicted octanol–water partition coefficient (Wildman–Crippen LogP) is 2.85. The molecule has 0 spiro atoms. The van der Waals surface area contributed by atoms with Gasteiger partial charge in [-0.3, -0.25) is 10.1 Å². The van der Waals surface area contributed by atoms with Crippen molar-refractivity contribution in [1.29, 1.82) is 0 Å². The number of nitrogens with zero attached hydrogens (tertiary/aromatic N) is 2. The molecule has 0 atom stereocenters. The second-order valence-electron chi connectivity index (χ2n) is 4.20. The average Bonchev–Trinajstić information content (AvgIpc) is 2.47. The van der Waals surface area contributed by atoms with Crippen LogP contribution in [0.15, 0.2) is 36.4 Å². The van der Waals surface area contributed by atoms with Crippen molar-refractivity contribution < 1.29 is 4.79 Å². The van der Waals surface area contributed by atoms with Crippen LogP contribution in [-0.4, -0.2) is 15.9 Å². The van der Waals surface area contributed by atoms with Gasteiger partial charge in [-0.2, -0.15) is 0 Å². The van der Waals surface area contributed by atoms with Gasteiger partial charge < -0.3 is 0 Å². The van der Waals surface area contributed by atoms with Gasteiger partial charge in [-0.25, -0.2) is 9.97 Å². The zero-order valence-electron chi connectivity index (χ0n) is 11.2. The molecule has 0 aliphatic rings. The van der Waals surface area contributed by atoms with Gasteiger partial charge >= 0.3 is 0 Å². The summed E-state index contributed by atoms with van der Waals surface area (Å²) in [5, 5.41) is 2.75. The number of aromatic nitrogens is 2. The third-order valence-electron chi connectivity index (χ3n) is 2.82. The van der Waals surface area contributed by atoms with Gasteiger partial charge in [-0.15, -0.1) is 0 Å². The summed E-state index contributed by atoms with van der Waals surface area (Å²) in [4.78, 5) is 20.7. The fourth-order valence-electron chi connectivity index (χ4n) is 1.74. The minimum absolute atomic E-state index is 0.184. The Labute approximate surface area is 112 Å². The van der Waals surface area contributed by atoms with E-state index >= 15 is 0 Å². The van der Waals surface area contributed by atoms with E-state index < -0.39 is 0 Å². The Morgan fingerprint density at radius 1 is 1.05 bits per heavy atom. The van der Waals surface area contributed by atoms with Crippen molar-refractivity contribution in [2.24, 2.45) is 0 Å². The fourth-order valence-corrected chi connectivity index (χ4v) is 1.74. The van der Waals surface area contributed by atoms with Crippen molar-refractivity contribution in [1.82, 2.24) is 9.97 Å². The molecule has 0 bridgehead atoms. The lowest BCUT2D eigenvalue weighted by atomic mass is 10.2. The minimum atomic E-state index is -0.184. The maximum atomic E-state index is 12.0. The number of amides is 1. The van der Waals surface area contributed by atoms with Crippen LogP contribution in [0.5, 0.6) is 0 Å². The number of carbonyl (C=O) groups excluding carboxylic acids is 1. The van der Waals surface area contributed by atoms with Gasteiger partial charge in [0.2, 0.25) is 5.95 Å². The molecule has 2 rings (SSSR count). The summed E-state index contributed by atoms with van der Waals surface area (Å²) < 4.78 is 0. The molecular formula is C15H17N3O. The first-order chi connectivity index (χ1) is 9.22. The van der Waals surface area contributed by atoms with Gasteiger partial charge in [-0.1, -0.05) is 32.0 Å². The highest BCUT2D eigenvalue weighted by Crippen LogP contribution is 2.09. The summed E-state index contributed by atoms with van der Waals surface area (Å²) >= 11 is 0. The van der Waals surface area contributed by atoms with E-state index in [1.54, 1.807) is 12.1 Å². The molecule has 0 saturated heterocycles. The van der Waals surface area contributed by atoms with Crippen LogP contribution in [0, 0.1) is 0 Å². The van der Waals surface area contributed by atoms with Crippen LogP contribution in [0.4, 0.5) is 5.95 Å². The molecule has 4 nitrogen and oxygen atoms in total. The van der Waals surface area contributed by atoms with Crippen LogP contribution in [0.2, 0.25) is 0 Å². The Morgan fingerprint density at radius 2 is 1.63 bits per heavy atom. The largest absolute Gasteiger partial charge is 0.290 e. The molecule has 1 N–H and O–H groups in total. The maximum absolute atomic E-state index is 12.0.